The van der Waals surface area contributed by atoms with Crippen LogP contribution in [-0.4, -0.2) is 32.6 Å². The summed E-state index contributed by atoms with van der Waals surface area (Å²) in [6, 6.07) is 12.9. The number of para-hydroxylation sites is 1. The van der Waals surface area contributed by atoms with Crippen LogP contribution in [0.5, 0.6) is 11.5 Å². The first-order valence-corrected chi connectivity index (χ1v) is 8.82. The summed E-state index contributed by atoms with van der Waals surface area (Å²) in [4.78, 5) is 27.7. The van der Waals surface area contributed by atoms with Crippen molar-refractivity contribution in [1.29, 1.82) is 0 Å². The van der Waals surface area contributed by atoms with Gasteiger partial charge in [0.2, 0.25) is 11.8 Å². The number of amides is 2. The van der Waals surface area contributed by atoms with E-state index in [4.69, 9.17) is 9.47 Å². The van der Waals surface area contributed by atoms with Crippen LogP contribution in [-0.2, 0) is 16.0 Å². The van der Waals surface area contributed by atoms with Crippen LogP contribution < -0.4 is 19.7 Å². The normalized spacial score (nSPS) is 13.1. The number of ether oxygens (including phenoxy) is 2. The number of methoxy groups -OCH3 is 2. The van der Waals surface area contributed by atoms with Crippen LogP contribution >= 0.6 is 0 Å². The van der Waals surface area contributed by atoms with Gasteiger partial charge in [0.25, 0.3) is 0 Å². The Kier molecular flexibility index (Phi) is 5.08. The molecule has 0 aliphatic carbocycles. The van der Waals surface area contributed by atoms with E-state index in [-0.39, 0.29) is 11.8 Å². The number of carbonyl (C=O) groups is 2. The highest BCUT2D eigenvalue weighted by Gasteiger charge is 2.41. The smallest absolute Gasteiger partial charge is 0.242 e. The van der Waals surface area contributed by atoms with Gasteiger partial charge in [-0.1, -0.05) is 18.2 Å². The number of nitrogens with zero attached hydrogens (tertiary/aromatic N) is 1. The lowest BCUT2D eigenvalue weighted by Crippen LogP contribution is -2.47. The minimum Gasteiger partial charge on any atom is -0.493 e. The molecule has 1 heterocycles. The molecule has 2 aromatic carbocycles. The number of rotatable bonds is 5. The summed E-state index contributed by atoms with van der Waals surface area (Å²) < 4.78 is 10.5. The largest absolute Gasteiger partial charge is 0.493 e. The molecule has 0 saturated carbocycles. The number of nitrogens with one attached hydrogen (secondary N) is 1. The van der Waals surface area contributed by atoms with Crippen molar-refractivity contribution in [3.05, 3.63) is 48.0 Å². The van der Waals surface area contributed by atoms with Crippen molar-refractivity contribution in [2.45, 2.75) is 20.3 Å². The highest BCUT2D eigenvalue weighted by Crippen LogP contribution is 2.34. The summed E-state index contributed by atoms with van der Waals surface area (Å²) in [5.41, 5.74) is 1.33. The minimum absolute atomic E-state index is 0.217. The molecule has 0 radical (unpaired) electrons. The van der Waals surface area contributed by atoms with Crippen LogP contribution in [0, 0.1) is 5.41 Å². The number of carbonyl (C=O) groups excluding carboxylic acids is 2. The molecule has 1 aliphatic heterocycles. The summed E-state index contributed by atoms with van der Waals surface area (Å²) >= 11 is 0. The SMILES string of the molecule is COc1ccc(NC(=O)C(C)(C)C(=O)N2CCc3ccccc32)cc1OC. The first kappa shape index (κ1) is 18.8. The van der Waals surface area contributed by atoms with Crippen molar-refractivity contribution in [2.75, 3.05) is 31.0 Å². The molecule has 1 N–H and O–H groups in total. The van der Waals surface area contributed by atoms with Gasteiger partial charge in [0.1, 0.15) is 5.41 Å². The Morgan fingerprint density at radius 1 is 1.04 bits per heavy atom. The lowest BCUT2D eigenvalue weighted by molar-refractivity contribution is -0.136. The van der Waals surface area contributed by atoms with E-state index in [1.165, 1.54) is 7.11 Å². The molecule has 0 aromatic heterocycles. The number of benzene rings is 2. The van der Waals surface area contributed by atoms with Crippen LogP contribution in [0.15, 0.2) is 42.5 Å². The van der Waals surface area contributed by atoms with Crippen LogP contribution in [0.3, 0.4) is 0 Å². The maximum Gasteiger partial charge on any atom is 0.242 e. The van der Waals surface area contributed by atoms with Gasteiger partial charge < -0.3 is 19.7 Å². The molecule has 0 bridgehead atoms. The van der Waals surface area contributed by atoms with E-state index >= 15 is 0 Å². The van der Waals surface area contributed by atoms with Crippen LogP contribution in [0.1, 0.15) is 19.4 Å². The highest BCUT2D eigenvalue weighted by atomic mass is 16.5. The van der Waals surface area contributed by atoms with Gasteiger partial charge in [-0.05, 0) is 44.0 Å². The Balaban J connectivity index is 1.79. The fraction of sp³-hybridized carbons (Fsp3) is 0.333. The van der Waals surface area contributed by atoms with Crippen LogP contribution in [0.4, 0.5) is 11.4 Å². The summed E-state index contributed by atoms with van der Waals surface area (Å²) in [6.45, 7) is 3.88. The lowest BCUT2D eigenvalue weighted by Gasteiger charge is -2.28. The van der Waals surface area contributed by atoms with Crippen LogP contribution in [0.25, 0.3) is 0 Å². The number of hydrogen-bond acceptors (Lipinski definition) is 4. The zero-order valence-electron chi connectivity index (χ0n) is 16.0. The van der Waals surface area contributed by atoms with E-state index in [0.29, 0.717) is 23.7 Å². The second-order valence-electron chi connectivity index (χ2n) is 6.98. The fourth-order valence-corrected chi connectivity index (χ4v) is 3.19. The molecule has 0 fully saturated rings. The van der Waals surface area contributed by atoms with Crippen molar-refractivity contribution < 1.29 is 19.1 Å². The number of fused-ring (bicyclic) bond motifs is 1. The van der Waals surface area contributed by atoms with Crippen molar-refractivity contribution in [3.63, 3.8) is 0 Å². The maximum atomic E-state index is 13.1. The van der Waals surface area contributed by atoms with Gasteiger partial charge in [-0.15, -0.1) is 0 Å². The first-order valence-electron chi connectivity index (χ1n) is 8.82. The fourth-order valence-electron chi connectivity index (χ4n) is 3.19. The Morgan fingerprint density at radius 3 is 2.44 bits per heavy atom. The third kappa shape index (κ3) is 3.47. The monoisotopic (exact) mass is 368 g/mol. The van der Waals surface area contributed by atoms with Gasteiger partial charge in [0, 0.05) is 24.0 Å². The van der Waals surface area contributed by atoms with Crippen molar-refractivity contribution in [2.24, 2.45) is 5.41 Å². The zero-order valence-corrected chi connectivity index (χ0v) is 16.0. The van der Waals surface area contributed by atoms with Gasteiger partial charge in [-0.25, -0.2) is 0 Å². The van der Waals surface area contributed by atoms with Gasteiger partial charge in [0.05, 0.1) is 14.2 Å². The molecular formula is C21H24N2O4. The van der Waals surface area contributed by atoms with E-state index < -0.39 is 5.41 Å². The highest BCUT2D eigenvalue weighted by molar-refractivity contribution is 6.15. The van der Waals surface area contributed by atoms with E-state index in [2.05, 4.69) is 5.32 Å². The molecule has 0 unspecified atom stereocenters. The average molecular weight is 368 g/mol. The molecule has 2 aromatic rings. The van der Waals surface area contributed by atoms with E-state index in [1.54, 1.807) is 44.1 Å². The van der Waals surface area contributed by atoms with E-state index in [0.717, 1.165) is 17.7 Å². The molecule has 0 atom stereocenters. The molecule has 6 nitrogen and oxygen atoms in total. The maximum absolute atomic E-state index is 13.1. The second kappa shape index (κ2) is 7.31. The summed E-state index contributed by atoms with van der Waals surface area (Å²) in [7, 11) is 3.08. The van der Waals surface area contributed by atoms with Crippen molar-refractivity contribution >= 4 is 23.2 Å². The Hall–Kier alpha value is -3.02. The molecule has 27 heavy (non-hydrogen) atoms. The molecule has 1 aliphatic rings. The Morgan fingerprint density at radius 2 is 1.74 bits per heavy atom. The van der Waals surface area contributed by atoms with Crippen molar-refractivity contribution in [3.8, 4) is 11.5 Å². The Bertz CT molecular complexity index is 876. The third-order valence-corrected chi connectivity index (χ3v) is 4.88. The average Bonchev–Trinajstić information content (AvgIpc) is 3.11. The number of anilines is 2. The summed E-state index contributed by atoms with van der Waals surface area (Å²) in [6.07, 6.45) is 0.801. The molecule has 3 rings (SSSR count). The van der Waals surface area contributed by atoms with Crippen molar-refractivity contribution in [1.82, 2.24) is 0 Å². The van der Waals surface area contributed by atoms with E-state index in [1.807, 2.05) is 24.3 Å². The molecule has 0 spiro atoms. The predicted octanol–water partition coefficient (Wildman–Crippen LogP) is 3.26. The van der Waals surface area contributed by atoms with Gasteiger partial charge in [-0.3, -0.25) is 9.59 Å². The standard InChI is InChI=1S/C21H24N2O4/c1-21(2,20(25)23-12-11-14-7-5-6-8-16(14)23)19(24)22-15-9-10-17(26-3)18(13-15)27-4/h5-10,13H,11-12H2,1-4H3,(H,22,24). The molecular weight excluding hydrogens is 344 g/mol. The Labute approximate surface area is 159 Å². The van der Waals surface area contributed by atoms with Gasteiger partial charge >= 0.3 is 0 Å². The summed E-state index contributed by atoms with van der Waals surface area (Å²) in [5, 5.41) is 2.81. The van der Waals surface area contributed by atoms with Gasteiger partial charge in [0.15, 0.2) is 11.5 Å². The van der Waals surface area contributed by atoms with Gasteiger partial charge in [-0.2, -0.15) is 0 Å². The lowest BCUT2D eigenvalue weighted by atomic mass is 9.90. The summed E-state index contributed by atoms with van der Waals surface area (Å²) in [5.74, 6) is 0.488. The zero-order chi connectivity index (χ0) is 19.6. The molecule has 6 heteroatoms. The molecule has 2 amide bonds. The predicted molar refractivity (Wildman–Crippen MR) is 104 cm³/mol. The van der Waals surface area contributed by atoms with E-state index in [9.17, 15) is 9.59 Å². The molecule has 142 valence electrons. The number of hydrogen-bond donors (Lipinski definition) is 1. The van der Waals surface area contributed by atoms with Crippen LogP contribution in [0.2, 0.25) is 0 Å². The quantitative estimate of drug-likeness (QED) is 0.823. The first-order chi connectivity index (χ1) is 12.9. The minimum atomic E-state index is -1.22. The third-order valence-electron chi connectivity index (χ3n) is 4.88. The molecule has 0 saturated heterocycles. The topological polar surface area (TPSA) is 67.9 Å². The second-order valence-corrected chi connectivity index (χ2v) is 6.98.